The Hall–Kier alpha value is -2.73. The van der Waals surface area contributed by atoms with E-state index in [0.29, 0.717) is 41.8 Å². The van der Waals surface area contributed by atoms with Gasteiger partial charge in [-0.3, -0.25) is 4.79 Å². The number of amides is 1. The van der Waals surface area contributed by atoms with Crippen LogP contribution in [-0.2, 0) is 0 Å². The molecule has 0 aliphatic carbocycles. The normalized spacial score (nSPS) is 14.9. The molecule has 0 N–H and O–H groups in total. The van der Waals surface area contributed by atoms with Gasteiger partial charge in [-0.25, -0.2) is 4.98 Å². The molecule has 0 bridgehead atoms. The maximum absolute atomic E-state index is 13.0. The Morgan fingerprint density at radius 3 is 2.72 bits per heavy atom. The molecule has 0 spiro atoms. The second-order valence-corrected chi connectivity index (χ2v) is 7.42. The first-order chi connectivity index (χ1) is 14.1. The van der Waals surface area contributed by atoms with E-state index in [9.17, 15) is 4.79 Å². The molecule has 0 radical (unpaired) electrons. The van der Waals surface area contributed by atoms with Gasteiger partial charge in [0.15, 0.2) is 23.0 Å². The van der Waals surface area contributed by atoms with E-state index >= 15 is 0 Å². The van der Waals surface area contributed by atoms with Crippen molar-refractivity contribution in [3.05, 3.63) is 52.9 Å². The third kappa shape index (κ3) is 3.90. The predicted octanol–water partition coefficient (Wildman–Crippen LogP) is 4.91. The number of fused-ring (bicyclic) bond motifs is 1. The van der Waals surface area contributed by atoms with Crippen LogP contribution in [0.4, 0.5) is 0 Å². The molecule has 0 unspecified atom stereocenters. The molecule has 2 aromatic carbocycles. The zero-order valence-corrected chi connectivity index (χ0v) is 17.2. The zero-order chi connectivity index (χ0) is 20.4. The van der Waals surface area contributed by atoms with Gasteiger partial charge < -0.3 is 18.8 Å². The SMILES string of the molecule is CCOc1c(Cl)cc(C(=O)N2CCC(c3nc4ccccc4o3)CC2)cc1OC. The first-order valence-electron chi connectivity index (χ1n) is 9.75. The topological polar surface area (TPSA) is 64.8 Å². The lowest BCUT2D eigenvalue weighted by Crippen LogP contribution is -2.38. The van der Waals surface area contributed by atoms with Gasteiger partial charge in [0, 0.05) is 24.6 Å². The molecule has 0 saturated carbocycles. The summed E-state index contributed by atoms with van der Waals surface area (Å²) in [6.07, 6.45) is 1.61. The number of nitrogens with zero attached hydrogens (tertiary/aromatic N) is 2. The Morgan fingerprint density at radius 2 is 2.03 bits per heavy atom. The molecule has 1 amide bonds. The largest absolute Gasteiger partial charge is 0.493 e. The highest BCUT2D eigenvalue weighted by Gasteiger charge is 2.28. The Balaban J connectivity index is 1.47. The van der Waals surface area contributed by atoms with Crippen LogP contribution in [0.5, 0.6) is 11.5 Å². The highest BCUT2D eigenvalue weighted by molar-refractivity contribution is 6.32. The molecule has 1 aromatic heterocycles. The first kappa shape index (κ1) is 19.6. The summed E-state index contributed by atoms with van der Waals surface area (Å²) in [6, 6.07) is 11.1. The molecule has 29 heavy (non-hydrogen) atoms. The van der Waals surface area contributed by atoms with Crippen LogP contribution < -0.4 is 9.47 Å². The second-order valence-electron chi connectivity index (χ2n) is 7.01. The van der Waals surface area contributed by atoms with E-state index in [4.69, 9.17) is 25.5 Å². The van der Waals surface area contributed by atoms with Crippen LogP contribution in [0.2, 0.25) is 5.02 Å². The number of oxazole rings is 1. The van der Waals surface area contributed by atoms with E-state index in [1.54, 1.807) is 12.1 Å². The molecule has 4 rings (SSSR count). The molecule has 1 aliphatic heterocycles. The number of halogens is 1. The highest BCUT2D eigenvalue weighted by Crippen LogP contribution is 2.37. The van der Waals surface area contributed by atoms with Gasteiger partial charge in [0.05, 0.1) is 18.7 Å². The Labute approximate surface area is 174 Å². The summed E-state index contributed by atoms with van der Waals surface area (Å²) in [7, 11) is 1.54. The monoisotopic (exact) mass is 414 g/mol. The van der Waals surface area contributed by atoms with E-state index in [1.807, 2.05) is 36.1 Å². The number of hydrogen-bond acceptors (Lipinski definition) is 5. The summed E-state index contributed by atoms with van der Waals surface area (Å²) < 4.78 is 16.8. The Morgan fingerprint density at radius 1 is 1.28 bits per heavy atom. The van der Waals surface area contributed by atoms with Crippen molar-refractivity contribution < 1.29 is 18.7 Å². The lowest BCUT2D eigenvalue weighted by Gasteiger charge is -2.31. The smallest absolute Gasteiger partial charge is 0.254 e. The number of ether oxygens (including phenoxy) is 2. The van der Waals surface area contributed by atoms with Crippen molar-refractivity contribution in [2.75, 3.05) is 26.8 Å². The van der Waals surface area contributed by atoms with E-state index in [1.165, 1.54) is 7.11 Å². The minimum Gasteiger partial charge on any atom is -0.493 e. The summed E-state index contributed by atoms with van der Waals surface area (Å²) >= 11 is 6.32. The number of piperidine rings is 1. The number of carbonyl (C=O) groups excluding carboxylic acids is 1. The van der Waals surface area contributed by atoms with E-state index in [2.05, 4.69) is 4.98 Å². The number of rotatable bonds is 5. The summed E-state index contributed by atoms with van der Waals surface area (Å²) in [5.41, 5.74) is 2.17. The number of carbonyl (C=O) groups is 1. The predicted molar refractivity (Wildman–Crippen MR) is 111 cm³/mol. The number of hydrogen-bond donors (Lipinski definition) is 0. The summed E-state index contributed by atoms with van der Waals surface area (Å²) in [5, 5.41) is 0.371. The molecular weight excluding hydrogens is 392 g/mol. The van der Waals surface area contributed by atoms with Crippen molar-refractivity contribution in [2.24, 2.45) is 0 Å². The quantitative estimate of drug-likeness (QED) is 0.593. The third-order valence-electron chi connectivity index (χ3n) is 5.21. The van der Waals surface area contributed by atoms with Crippen molar-refractivity contribution in [1.82, 2.24) is 9.88 Å². The van der Waals surface area contributed by atoms with Crippen LogP contribution in [0, 0.1) is 0 Å². The van der Waals surface area contributed by atoms with Gasteiger partial charge >= 0.3 is 0 Å². The number of para-hydroxylation sites is 2. The van der Waals surface area contributed by atoms with E-state index in [-0.39, 0.29) is 11.8 Å². The van der Waals surface area contributed by atoms with Crippen LogP contribution in [-0.4, -0.2) is 42.6 Å². The van der Waals surface area contributed by atoms with Crippen molar-refractivity contribution in [3.8, 4) is 11.5 Å². The molecule has 6 nitrogen and oxygen atoms in total. The molecule has 1 saturated heterocycles. The summed E-state index contributed by atoms with van der Waals surface area (Å²) in [6.45, 7) is 3.60. The van der Waals surface area contributed by atoms with Crippen molar-refractivity contribution in [3.63, 3.8) is 0 Å². The lowest BCUT2D eigenvalue weighted by molar-refractivity contribution is 0.0706. The van der Waals surface area contributed by atoms with Crippen molar-refractivity contribution in [2.45, 2.75) is 25.7 Å². The fraction of sp³-hybridized carbons (Fsp3) is 0.364. The fourth-order valence-corrected chi connectivity index (χ4v) is 3.97. The van der Waals surface area contributed by atoms with Crippen LogP contribution in [0.25, 0.3) is 11.1 Å². The van der Waals surface area contributed by atoms with Crippen molar-refractivity contribution >= 4 is 28.6 Å². The van der Waals surface area contributed by atoms with E-state index < -0.39 is 0 Å². The summed E-state index contributed by atoms with van der Waals surface area (Å²) in [5.74, 6) is 1.82. The fourth-order valence-electron chi connectivity index (χ4n) is 3.70. The Kier molecular flexibility index (Phi) is 5.62. The average molecular weight is 415 g/mol. The van der Waals surface area contributed by atoms with Gasteiger partial charge in [0.25, 0.3) is 5.91 Å². The average Bonchev–Trinajstić information content (AvgIpc) is 3.19. The third-order valence-corrected chi connectivity index (χ3v) is 5.49. The minimum atomic E-state index is -0.0655. The lowest BCUT2D eigenvalue weighted by atomic mass is 9.96. The molecule has 3 aromatic rings. The standard InChI is InChI=1S/C22H23ClN2O4/c1-3-28-20-16(23)12-15(13-19(20)27-2)22(26)25-10-8-14(9-11-25)21-24-17-6-4-5-7-18(17)29-21/h4-7,12-14H,3,8-11H2,1-2H3. The maximum atomic E-state index is 13.0. The molecule has 1 aliphatic rings. The summed E-state index contributed by atoms with van der Waals surface area (Å²) in [4.78, 5) is 19.5. The highest BCUT2D eigenvalue weighted by atomic mass is 35.5. The van der Waals surface area contributed by atoms with Crippen LogP contribution in [0.15, 0.2) is 40.8 Å². The van der Waals surface area contributed by atoms with Gasteiger partial charge in [-0.1, -0.05) is 23.7 Å². The first-order valence-corrected chi connectivity index (χ1v) is 10.1. The van der Waals surface area contributed by atoms with Gasteiger partial charge in [0.2, 0.25) is 0 Å². The van der Waals surface area contributed by atoms with Crippen LogP contribution in [0.1, 0.15) is 41.9 Å². The van der Waals surface area contributed by atoms with Gasteiger partial charge in [-0.05, 0) is 44.0 Å². The maximum Gasteiger partial charge on any atom is 0.254 e. The van der Waals surface area contributed by atoms with Gasteiger partial charge in [0.1, 0.15) is 5.52 Å². The molecule has 152 valence electrons. The van der Waals surface area contributed by atoms with Crippen LogP contribution in [0.3, 0.4) is 0 Å². The molecule has 2 heterocycles. The number of benzene rings is 2. The second kappa shape index (κ2) is 8.33. The molecule has 1 fully saturated rings. The number of likely N-dealkylation sites (tertiary alicyclic amines) is 1. The van der Waals surface area contributed by atoms with E-state index in [0.717, 1.165) is 29.8 Å². The Bertz CT molecular complexity index is 992. The zero-order valence-electron chi connectivity index (χ0n) is 16.5. The van der Waals surface area contributed by atoms with Gasteiger partial charge in [-0.2, -0.15) is 0 Å². The molecular formula is C22H23ClN2O4. The van der Waals surface area contributed by atoms with Gasteiger partial charge in [-0.15, -0.1) is 0 Å². The molecule has 0 atom stereocenters. The number of aromatic nitrogens is 1. The van der Waals surface area contributed by atoms with Crippen LogP contribution >= 0.6 is 11.6 Å². The van der Waals surface area contributed by atoms with Crippen molar-refractivity contribution in [1.29, 1.82) is 0 Å². The molecule has 7 heteroatoms. The number of methoxy groups -OCH3 is 1. The minimum absolute atomic E-state index is 0.0655.